The Morgan fingerprint density at radius 3 is 1.86 bits per heavy atom. The van der Waals surface area contributed by atoms with Crippen molar-refractivity contribution in [3.8, 4) is 0 Å². The molecule has 2 aliphatic heterocycles. The molecule has 0 radical (unpaired) electrons. The molecule has 14 heavy (non-hydrogen) atoms. The van der Waals surface area contributed by atoms with E-state index in [4.69, 9.17) is 0 Å². The molecule has 3 aliphatic rings. The van der Waals surface area contributed by atoms with E-state index in [1.165, 1.54) is 11.6 Å². The monoisotopic (exact) mass is 193 g/mol. The second kappa shape index (κ2) is 2.29. The van der Waals surface area contributed by atoms with Crippen molar-refractivity contribution in [3.05, 3.63) is 33.1 Å². The molecule has 0 amide bonds. The minimum atomic E-state index is -0.200. The molecule has 4 rings (SSSR count). The fourth-order valence-electron chi connectivity index (χ4n) is 2.37. The summed E-state index contributed by atoms with van der Waals surface area (Å²) in [6.07, 6.45) is 5.97. The molecule has 0 N–H and O–H groups in total. The highest BCUT2D eigenvalue weighted by Gasteiger charge is 2.32. The fourth-order valence-corrected chi connectivity index (χ4v) is 2.37. The summed E-state index contributed by atoms with van der Waals surface area (Å²) in [7, 11) is 1.53. The lowest BCUT2D eigenvalue weighted by atomic mass is 9.96. The summed E-state index contributed by atoms with van der Waals surface area (Å²) in [5.74, 6) is 0. The van der Waals surface area contributed by atoms with E-state index in [1.807, 2.05) is 12.2 Å². The minimum Gasteiger partial charge on any atom is -0.246 e. The largest absolute Gasteiger partial charge is 0.347 e. The van der Waals surface area contributed by atoms with Gasteiger partial charge >= 0.3 is 11.4 Å². The number of hydrogen-bond acceptors (Lipinski definition) is 2. The first kappa shape index (κ1) is 7.84. The fraction of sp³-hybridized carbons (Fsp3) is 0.556. The van der Waals surface area contributed by atoms with E-state index in [9.17, 15) is 9.59 Å². The first-order chi connectivity index (χ1) is 6.70. The Hall–Kier alpha value is -1.52. The van der Waals surface area contributed by atoms with E-state index < -0.39 is 0 Å². The number of aromatic nitrogens is 3. The second-order valence-electron chi connectivity index (χ2n) is 3.91. The maximum absolute atomic E-state index is 11.7. The van der Waals surface area contributed by atoms with Crippen molar-refractivity contribution in [2.45, 2.75) is 24.9 Å². The van der Waals surface area contributed by atoms with Crippen LogP contribution < -0.4 is 11.4 Å². The molecule has 3 heterocycles. The number of fused-ring (bicyclic) bond motifs is 1. The van der Waals surface area contributed by atoms with Gasteiger partial charge in [0.15, 0.2) is 0 Å². The third-order valence-corrected chi connectivity index (χ3v) is 3.14. The van der Waals surface area contributed by atoms with Crippen LogP contribution in [0.3, 0.4) is 0 Å². The van der Waals surface area contributed by atoms with Crippen LogP contribution in [-0.2, 0) is 7.05 Å². The van der Waals surface area contributed by atoms with Gasteiger partial charge in [0.2, 0.25) is 0 Å². The van der Waals surface area contributed by atoms with E-state index in [0.29, 0.717) is 0 Å². The van der Waals surface area contributed by atoms with Crippen molar-refractivity contribution in [3.63, 3.8) is 0 Å². The molecule has 1 aromatic rings. The molecule has 0 saturated carbocycles. The van der Waals surface area contributed by atoms with Crippen molar-refractivity contribution >= 4 is 0 Å². The molecule has 5 nitrogen and oxygen atoms in total. The summed E-state index contributed by atoms with van der Waals surface area (Å²) < 4.78 is 4.34. The van der Waals surface area contributed by atoms with Gasteiger partial charge in [-0.2, -0.15) is 0 Å². The van der Waals surface area contributed by atoms with Gasteiger partial charge in [-0.05, 0) is 12.8 Å². The van der Waals surface area contributed by atoms with Gasteiger partial charge in [-0.15, -0.1) is 0 Å². The lowest BCUT2D eigenvalue weighted by Gasteiger charge is -2.32. The predicted molar refractivity (Wildman–Crippen MR) is 50.4 cm³/mol. The van der Waals surface area contributed by atoms with Gasteiger partial charge in [-0.3, -0.25) is 0 Å². The molecule has 0 aromatic carbocycles. The first-order valence-electron chi connectivity index (χ1n) is 4.78. The van der Waals surface area contributed by atoms with Gasteiger partial charge in [0.05, 0.1) is 12.1 Å². The van der Waals surface area contributed by atoms with Crippen molar-refractivity contribution in [2.24, 2.45) is 7.05 Å². The van der Waals surface area contributed by atoms with Crippen LogP contribution in [0, 0.1) is 0 Å². The Balaban J connectivity index is 2.44. The molecule has 1 aliphatic carbocycles. The molecule has 0 fully saturated rings. The Labute approximate surface area is 79.9 Å². The average molecular weight is 193 g/mol. The molecule has 0 saturated heterocycles. The molecule has 5 heteroatoms. The highest BCUT2D eigenvalue weighted by Crippen LogP contribution is 2.32. The zero-order valence-electron chi connectivity index (χ0n) is 7.88. The third-order valence-electron chi connectivity index (χ3n) is 3.14. The molecule has 0 spiro atoms. The smallest absolute Gasteiger partial charge is 0.246 e. The summed E-state index contributed by atoms with van der Waals surface area (Å²) >= 11 is 0. The Morgan fingerprint density at radius 2 is 1.50 bits per heavy atom. The van der Waals surface area contributed by atoms with Crippen molar-refractivity contribution < 1.29 is 0 Å². The van der Waals surface area contributed by atoms with E-state index in [2.05, 4.69) is 0 Å². The van der Waals surface area contributed by atoms with Crippen LogP contribution in [0.2, 0.25) is 0 Å². The minimum absolute atomic E-state index is 0.0846. The van der Waals surface area contributed by atoms with Crippen LogP contribution in [0.4, 0.5) is 0 Å². The highest BCUT2D eigenvalue weighted by molar-refractivity contribution is 5.08. The van der Waals surface area contributed by atoms with Gasteiger partial charge in [0.25, 0.3) is 0 Å². The molecule has 2 bridgehead atoms. The molecule has 74 valence electrons. The topological polar surface area (TPSA) is 48.9 Å². The quantitative estimate of drug-likeness (QED) is 0.535. The van der Waals surface area contributed by atoms with Crippen LogP contribution in [0.5, 0.6) is 0 Å². The van der Waals surface area contributed by atoms with Crippen LogP contribution in [0.1, 0.15) is 24.9 Å². The second-order valence-corrected chi connectivity index (χ2v) is 3.91. The zero-order valence-corrected chi connectivity index (χ0v) is 7.88. The zero-order chi connectivity index (χ0) is 9.87. The summed E-state index contributed by atoms with van der Waals surface area (Å²) in [5.41, 5.74) is -0.400. The van der Waals surface area contributed by atoms with Crippen LogP contribution in [-0.4, -0.2) is 13.9 Å². The maximum atomic E-state index is 11.7. The van der Waals surface area contributed by atoms with Crippen molar-refractivity contribution in [1.29, 1.82) is 0 Å². The first-order valence-corrected chi connectivity index (χ1v) is 4.78. The Bertz CT molecular complexity index is 486. The molecular formula is C9H11N3O2. The summed E-state index contributed by atoms with van der Waals surface area (Å²) in [6, 6.07) is 0.169. The van der Waals surface area contributed by atoms with E-state index >= 15 is 0 Å². The van der Waals surface area contributed by atoms with Gasteiger partial charge in [0.1, 0.15) is 0 Å². The summed E-state index contributed by atoms with van der Waals surface area (Å²) in [4.78, 5) is 23.4. The maximum Gasteiger partial charge on any atom is 0.347 e. The number of rotatable bonds is 0. The molecular weight excluding hydrogens is 182 g/mol. The van der Waals surface area contributed by atoms with Gasteiger partial charge < -0.3 is 0 Å². The summed E-state index contributed by atoms with van der Waals surface area (Å²) in [6.45, 7) is 0. The van der Waals surface area contributed by atoms with E-state index in [0.717, 1.165) is 12.8 Å². The highest BCUT2D eigenvalue weighted by atomic mass is 16.2. The van der Waals surface area contributed by atoms with Gasteiger partial charge in [-0.25, -0.2) is 23.5 Å². The van der Waals surface area contributed by atoms with Crippen molar-refractivity contribution in [1.82, 2.24) is 13.9 Å². The SMILES string of the molecule is Cn1c(=O)n2n(c1=O)C1C=CC2CC1. The number of nitrogens with zero attached hydrogens (tertiary/aromatic N) is 3. The average Bonchev–Trinajstić information content (AvgIpc) is 2.47. The van der Waals surface area contributed by atoms with E-state index in [-0.39, 0.29) is 23.5 Å². The molecule has 2 unspecified atom stereocenters. The Kier molecular flexibility index (Phi) is 1.28. The van der Waals surface area contributed by atoms with Crippen LogP contribution in [0.25, 0.3) is 0 Å². The summed E-state index contributed by atoms with van der Waals surface area (Å²) in [5, 5.41) is 0. The van der Waals surface area contributed by atoms with Gasteiger partial charge in [0, 0.05) is 7.05 Å². The third kappa shape index (κ3) is 0.708. The number of hydrogen-bond donors (Lipinski definition) is 0. The lowest BCUT2D eigenvalue weighted by Crippen LogP contribution is -2.39. The lowest BCUT2D eigenvalue weighted by molar-refractivity contribution is 0.257. The van der Waals surface area contributed by atoms with Gasteiger partial charge in [-0.1, -0.05) is 12.2 Å². The van der Waals surface area contributed by atoms with Crippen LogP contribution in [0.15, 0.2) is 21.7 Å². The predicted octanol–water partition coefficient (Wildman–Crippen LogP) is -0.206. The number of allylic oxidation sites excluding steroid dienone is 2. The van der Waals surface area contributed by atoms with E-state index in [1.54, 1.807) is 9.36 Å². The molecule has 1 aromatic heterocycles. The molecule has 2 atom stereocenters. The standard InChI is InChI=1S/C9H11N3O2/c1-10-8(13)11-6-2-3-7(5-4-6)12(11)9(10)14/h2-3,6-7H,4-5H2,1H3. The normalized spacial score (nSPS) is 28.1. The van der Waals surface area contributed by atoms with Crippen molar-refractivity contribution in [2.75, 3.05) is 0 Å². The van der Waals surface area contributed by atoms with Crippen LogP contribution >= 0.6 is 0 Å². The Morgan fingerprint density at radius 1 is 1.07 bits per heavy atom.